The van der Waals surface area contributed by atoms with Crippen molar-refractivity contribution in [1.29, 1.82) is 0 Å². The summed E-state index contributed by atoms with van der Waals surface area (Å²) in [5.74, 6) is -0.649. The molecular formula is C16H19FN2O2. The molecule has 1 aliphatic carbocycles. The van der Waals surface area contributed by atoms with Crippen LogP contribution in [0.5, 0.6) is 0 Å². The standard InChI is InChI=1S/C16H19FN2O2/c17-13-5-7-14(8-6-13)19(10-9-15(18)20)16(21)11-12-3-1-2-4-12/h1,3,5-8,12H,2,4,9-11H2,(H2,18,20). The number of anilines is 1. The molecule has 1 aromatic rings. The zero-order valence-electron chi connectivity index (χ0n) is 11.8. The third kappa shape index (κ3) is 4.41. The van der Waals surface area contributed by atoms with Crippen molar-refractivity contribution in [1.82, 2.24) is 0 Å². The van der Waals surface area contributed by atoms with Gasteiger partial charge in [0.05, 0.1) is 0 Å². The molecule has 0 fully saturated rings. The highest BCUT2D eigenvalue weighted by molar-refractivity contribution is 5.94. The first kappa shape index (κ1) is 15.2. The molecule has 2 N–H and O–H groups in total. The molecular weight excluding hydrogens is 271 g/mol. The normalized spacial score (nSPS) is 16.9. The number of nitrogens with zero attached hydrogens (tertiary/aromatic N) is 1. The van der Waals surface area contributed by atoms with E-state index in [-0.39, 0.29) is 30.6 Å². The van der Waals surface area contributed by atoms with Crippen LogP contribution in [0.1, 0.15) is 25.7 Å². The topological polar surface area (TPSA) is 63.4 Å². The lowest BCUT2D eigenvalue weighted by Gasteiger charge is -2.23. The Bertz CT molecular complexity index is 540. The maximum atomic E-state index is 13.0. The molecule has 0 spiro atoms. The lowest BCUT2D eigenvalue weighted by atomic mass is 10.0. The van der Waals surface area contributed by atoms with Crippen LogP contribution in [-0.4, -0.2) is 18.4 Å². The number of primary amides is 1. The highest BCUT2D eigenvalue weighted by Crippen LogP contribution is 2.23. The first-order valence-electron chi connectivity index (χ1n) is 7.07. The van der Waals surface area contributed by atoms with E-state index in [0.29, 0.717) is 12.1 Å². The van der Waals surface area contributed by atoms with Gasteiger partial charge in [0.2, 0.25) is 11.8 Å². The molecule has 0 bridgehead atoms. The zero-order chi connectivity index (χ0) is 15.2. The predicted octanol–water partition coefficient (Wildman–Crippen LogP) is 2.39. The van der Waals surface area contributed by atoms with E-state index < -0.39 is 5.91 Å². The molecule has 21 heavy (non-hydrogen) atoms. The molecule has 0 radical (unpaired) electrons. The lowest BCUT2D eigenvalue weighted by molar-refractivity contribution is -0.119. The molecule has 112 valence electrons. The minimum absolute atomic E-state index is 0.0700. The van der Waals surface area contributed by atoms with Crippen LogP contribution in [0.4, 0.5) is 10.1 Å². The Balaban J connectivity index is 2.10. The SMILES string of the molecule is NC(=O)CCN(C(=O)CC1C=CCC1)c1ccc(F)cc1. The van der Waals surface area contributed by atoms with Crippen LogP contribution in [0.15, 0.2) is 36.4 Å². The van der Waals surface area contributed by atoms with Crippen molar-refractivity contribution in [3.8, 4) is 0 Å². The fourth-order valence-corrected chi connectivity index (χ4v) is 2.44. The monoisotopic (exact) mass is 290 g/mol. The van der Waals surface area contributed by atoms with Crippen LogP contribution in [0.3, 0.4) is 0 Å². The Morgan fingerprint density at radius 1 is 1.29 bits per heavy atom. The summed E-state index contributed by atoms with van der Waals surface area (Å²) in [5.41, 5.74) is 5.75. The van der Waals surface area contributed by atoms with Crippen LogP contribution >= 0.6 is 0 Å². The average Bonchev–Trinajstić information content (AvgIpc) is 2.93. The first-order valence-corrected chi connectivity index (χ1v) is 7.07. The van der Waals surface area contributed by atoms with Gasteiger partial charge in [-0.05, 0) is 43.0 Å². The molecule has 1 unspecified atom stereocenters. The smallest absolute Gasteiger partial charge is 0.227 e. The molecule has 1 atom stereocenters. The minimum Gasteiger partial charge on any atom is -0.370 e. The van der Waals surface area contributed by atoms with E-state index >= 15 is 0 Å². The van der Waals surface area contributed by atoms with Gasteiger partial charge in [-0.15, -0.1) is 0 Å². The van der Waals surface area contributed by atoms with Gasteiger partial charge in [-0.2, -0.15) is 0 Å². The van der Waals surface area contributed by atoms with Gasteiger partial charge in [0.1, 0.15) is 5.82 Å². The van der Waals surface area contributed by atoms with Gasteiger partial charge < -0.3 is 10.6 Å². The van der Waals surface area contributed by atoms with Crippen LogP contribution in [-0.2, 0) is 9.59 Å². The summed E-state index contributed by atoms with van der Waals surface area (Å²) >= 11 is 0. The van der Waals surface area contributed by atoms with Crippen LogP contribution in [0.25, 0.3) is 0 Å². The Kier molecular flexibility index (Phi) is 5.09. The Labute approximate surface area is 123 Å². The lowest BCUT2D eigenvalue weighted by Crippen LogP contribution is -2.34. The Morgan fingerprint density at radius 3 is 2.57 bits per heavy atom. The zero-order valence-corrected chi connectivity index (χ0v) is 11.8. The summed E-state index contributed by atoms with van der Waals surface area (Å²) in [6.45, 7) is 0.218. The second-order valence-corrected chi connectivity index (χ2v) is 5.21. The fraction of sp³-hybridized carbons (Fsp3) is 0.375. The quantitative estimate of drug-likeness (QED) is 0.818. The summed E-state index contributed by atoms with van der Waals surface area (Å²) in [4.78, 5) is 24.9. The van der Waals surface area contributed by atoms with Gasteiger partial charge in [-0.1, -0.05) is 12.2 Å². The van der Waals surface area contributed by atoms with Crippen LogP contribution in [0, 0.1) is 11.7 Å². The van der Waals surface area contributed by atoms with E-state index in [2.05, 4.69) is 12.2 Å². The fourth-order valence-electron chi connectivity index (χ4n) is 2.44. The van der Waals surface area contributed by atoms with Crippen molar-refractivity contribution >= 4 is 17.5 Å². The maximum absolute atomic E-state index is 13.0. The van der Waals surface area contributed by atoms with Crippen molar-refractivity contribution in [2.45, 2.75) is 25.7 Å². The van der Waals surface area contributed by atoms with Crippen molar-refractivity contribution < 1.29 is 14.0 Å². The second kappa shape index (κ2) is 7.02. The van der Waals surface area contributed by atoms with Crippen molar-refractivity contribution in [3.63, 3.8) is 0 Å². The molecule has 1 aromatic carbocycles. The number of amides is 2. The van der Waals surface area contributed by atoms with Gasteiger partial charge in [-0.3, -0.25) is 9.59 Å². The van der Waals surface area contributed by atoms with Crippen LogP contribution < -0.4 is 10.6 Å². The van der Waals surface area contributed by atoms with E-state index in [1.807, 2.05) is 0 Å². The molecule has 0 heterocycles. The Morgan fingerprint density at radius 2 is 2.00 bits per heavy atom. The summed E-state index contributed by atoms with van der Waals surface area (Å²) < 4.78 is 13.0. The molecule has 0 saturated heterocycles. The van der Waals surface area contributed by atoms with Crippen molar-refractivity contribution in [2.75, 3.05) is 11.4 Å². The summed E-state index contributed by atoms with van der Waals surface area (Å²) in [5, 5.41) is 0. The van der Waals surface area contributed by atoms with Gasteiger partial charge in [0, 0.05) is 25.1 Å². The van der Waals surface area contributed by atoms with E-state index in [4.69, 9.17) is 5.73 Å². The number of halogens is 1. The number of allylic oxidation sites excluding steroid dienone is 2. The summed E-state index contributed by atoms with van der Waals surface area (Å²) in [7, 11) is 0. The molecule has 0 aromatic heterocycles. The number of nitrogens with two attached hydrogens (primary N) is 1. The highest BCUT2D eigenvalue weighted by Gasteiger charge is 2.21. The van der Waals surface area contributed by atoms with Crippen LogP contribution in [0.2, 0.25) is 0 Å². The van der Waals surface area contributed by atoms with E-state index in [1.165, 1.54) is 17.0 Å². The third-order valence-electron chi connectivity index (χ3n) is 3.57. The molecule has 4 nitrogen and oxygen atoms in total. The first-order chi connectivity index (χ1) is 10.1. The van der Waals surface area contributed by atoms with E-state index in [0.717, 1.165) is 12.8 Å². The number of hydrogen-bond donors (Lipinski definition) is 1. The maximum Gasteiger partial charge on any atom is 0.227 e. The predicted molar refractivity (Wildman–Crippen MR) is 79.0 cm³/mol. The Hall–Kier alpha value is -2.17. The summed E-state index contributed by atoms with van der Waals surface area (Å²) in [6, 6.07) is 5.68. The number of benzene rings is 1. The number of carbonyl (C=O) groups is 2. The molecule has 0 saturated carbocycles. The van der Waals surface area contributed by atoms with Crippen molar-refractivity contribution in [2.24, 2.45) is 11.7 Å². The number of rotatable bonds is 6. The van der Waals surface area contributed by atoms with Gasteiger partial charge in [0.15, 0.2) is 0 Å². The minimum atomic E-state index is -0.462. The van der Waals surface area contributed by atoms with E-state index in [1.54, 1.807) is 12.1 Å². The third-order valence-corrected chi connectivity index (χ3v) is 3.57. The van der Waals surface area contributed by atoms with Crippen molar-refractivity contribution in [3.05, 3.63) is 42.2 Å². The van der Waals surface area contributed by atoms with Gasteiger partial charge >= 0.3 is 0 Å². The largest absolute Gasteiger partial charge is 0.370 e. The molecule has 1 aliphatic rings. The van der Waals surface area contributed by atoms with E-state index in [9.17, 15) is 14.0 Å². The molecule has 2 rings (SSSR count). The highest BCUT2D eigenvalue weighted by atomic mass is 19.1. The van der Waals surface area contributed by atoms with Gasteiger partial charge in [0.25, 0.3) is 0 Å². The van der Waals surface area contributed by atoms with Gasteiger partial charge in [-0.25, -0.2) is 4.39 Å². The average molecular weight is 290 g/mol. The number of carbonyl (C=O) groups excluding carboxylic acids is 2. The molecule has 5 heteroatoms. The second-order valence-electron chi connectivity index (χ2n) is 5.21. The summed E-state index contributed by atoms with van der Waals surface area (Å²) in [6.07, 6.45) is 6.57. The molecule has 2 amide bonds. The molecule has 0 aliphatic heterocycles. The number of hydrogen-bond acceptors (Lipinski definition) is 2.